The van der Waals surface area contributed by atoms with Crippen LogP contribution < -0.4 is 10.4 Å². The molecule has 0 saturated carbocycles. The van der Waals surface area contributed by atoms with E-state index in [0.717, 1.165) is 27.6 Å². The summed E-state index contributed by atoms with van der Waals surface area (Å²) < 4.78 is 9.79. The van der Waals surface area contributed by atoms with Crippen molar-refractivity contribution in [2.24, 2.45) is 0 Å². The predicted octanol–water partition coefficient (Wildman–Crippen LogP) is 3.15. The highest BCUT2D eigenvalue weighted by molar-refractivity contribution is 5.88. The maximum Gasteiger partial charge on any atom is 0.203 e. The van der Waals surface area contributed by atoms with Gasteiger partial charge in [0.2, 0.25) is 5.62 Å². The molecule has 3 aromatic carbocycles. The van der Waals surface area contributed by atoms with E-state index in [9.17, 15) is 5.11 Å². The SMILES string of the molecule is N=c1n(CCO)c2ccccc2n1CCOc1cccc2ccccc12. The van der Waals surface area contributed by atoms with Crippen molar-refractivity contribution in [3.8, 4) is 5.75 Å². The van der Waals surface area contributed by atoms with Gasteiger partial charge in [0.05, 0.1) is 24.2 Å². The van der Waals surface area contributed by atoms with E-state index >= 15 is 0 Å². The van der Waals surface area contributed by atoms with Crippen molar-refractivity contribution in [3.05, 3.63) is 72.3 Å². The Labute approximate surface area is 151 Å². The second-order valence-corrected chi connectivity index (χ2v) is 6.16. The summed E-state index contributed by atoms with van der Waals surface area (Å²) in [4.78, 5) is 0. The third kappa shape index (κ3) is 2.86. The zero-order valence-electron chi connectivity index (χ0n) is 14.4. The maximum atomic E-state index is 9.30. The van der Waals surface area contributed by atoms with E-state index in [4.69, 9.17) is 10.1 Å². The smallest absolute Gasteiger partial charge is 0.203 e. The summed E-state index contributed by atoms with van der Waals surface area (Å²) in [5.41, 5.74) is 2.31. The van der Waals surface area contributed by atoms with Crippen LogP contribution in [0.25, 0.3) is 21.8 Å². The van der Waals surface area contributed by atoms with Gasteiger partial charge in [-0.2, -0.15) is 0 Å². The Bertz CT molecular complexity index is 1110. The Balaban J connectivity index is 1.60. The Morgan fingerprint density at radius 2 is 1.46 bits per heavy atom. The van der Waals surface area contributed by atoms with Crippen LogP contribution in [-0.4, -0.2) is 27.5 Å². The molecule has 0 aliphatic carbocycles. The normalized spacial score (nSPS) is 11.3. The molecule has 0 saturated heterocycles. The van der Waals surface area contributed by atoms with Crippen LogP contribution in [-0.2, 0) is 13.1 Å². The molecule has 26 heavy (non-hydrogen) atoms. The molecule has 0 bridgehead atoms. The molecular formula is C21H21N3O2. The van der Waals surface area contributed by atoms with Gasteiger partial charge in [0.25, 0.3) is 0 Å². The monoisotopic (exact) mass is 347 g/mol. The molecule has 0 unspecified atom stereocenters. The minimum atomic E-state index is 0.0110. The third-order valence-corrected chi connectivity index (χ3v) is 4.62. The largest absolute Gasteiger partial charge is 0.491 e. The van der Waals surface area contributed by atoms with Crippen LogP contribution in [0.5, 0.6) is 5.75 Å². The van der Waals surface area contributed by atoms with Crippen molar-refractivity contribution in [1.29, 1.82) is 5.41 Å². The van der Waals surface area contributed by atoms with Gasteiger partial charge in [-0.05, 0) is 23.6 Å². The number of para-hydroxylation sites is 2. The number of rotatable bonds is 6. The number of fused-ring (bicyclic) bond motifs is 2. The number of nitrogens with one attached hydrogen (secondary N) is 1. The number of aliphatic hydroxyl groups is 1. The second-order valence-electron chi connectivity index (χ2n) is 6.16. The number of ether oxygens (including phenoxy) is 1. The Morgan fingerprint density at radius 3 is 2.23 bits per heavy atom. The van der Waals surface area contributed by atoms with Gasteiger partial charge in [-0.3, -0.25) is 5.41 Å². The highest BCUT2D eigenvalue weighted by atomic mass is 16.5. The standard InChI is InChI=1S/C21H21N3O2/c22-21-23(12-14-25)18-9-3-4-10-19(18)24(21)13-15-26-20-11-5-7-16-6-1-2-8-17(16)20/h1-11,22,25H,12-15H2. The van der Waals surface area contributed by atoms with Gasteiger partial charge >= 0.3 is 0 Å². The van der Waals surface area contributed by atoms with Crippen molar-refractivity contribution in [1.82, 2.24) is 9.13 Å². The fraction of sp³-hybridized carbons (Fsp3) is 0.190. The van der Waals surface area contributed by atoms with E-state index in [0.29, 0.717) is 25.3 Å². The first kappa shape index (κ1) is 16.4. The average Bonchev–Trinajstić information content (AvgIpc) is 2.94. The van der Waals surface area contributed by atoms with Gasteiger partial charge in [0, 0.05) is 11.9 Å². The number of imidazole rings is 1. The van der Waals surface area contributed by atoms with Gasteiger partial charge in [-0.1, -0.05) is 48.5 Å². The van der Waals surface area contributed by atoms with Crippen LogP contribution in [0.3, 0.4) is 0 Å². The van der Waals surface area contributed by atoms with Gasteiger partial charge in [-0.25, -0.2) is 0 Å². The molecule has 4 rings (SSSR count). The molecular weight excluding hydrogens is 326 g/mol. The number of hydrogen-bond donors (Lipinski definition) is 2. The molecule has 5 nitrogen and oxygen atoms in total. The molecule has 4 aromatic rings. The fourth-order valence-corrected chi connectivity index (χ4v) is 3.42. The first-order chi connectivity index (χ1) is 12.8. The van der Waals surface area contributed by atoms with Crippen LogP contribution in [0.1, 0.15) is 0 Å². The zero-order valence-corrected chi connectivity index (χ0v) is 14.4. The summed E-state index contributed by atoms with van der Waals surface area (Å²) in [7, 11) is 0. The fourth-order valence-electron chi connectivity index (χ4n) is 3.42. The van der Waals surface area contributed by atoms with Gasteiger partial charge < -0.3 is 19.0 Å². The lowest BCUT2D eigenvalue weighted by Crippen LogP contribution is -2.27. The summed E-state index contributed by atoms with van der Waals surface area (Å²) in [6.07, 6.45) is 0. The molecule has 5 heteroatoms. The van der Waals surface area contributed by atoms with Crippen LogP contribution in [0.15, 0.2) is 66.7 Å². The molecule has 0 atom stereocenters. The van der Waals surface area contributed by atoms with Gasteiger partial charge in [0.1, 0.15) is 12.4 Å². The number of hydrogen-bond acceptors (Lipinski definition) is 3. The van der Waals surface area contributed by atoms with Crippen molar-refractivity contribution >= 4 is 21.8 Å². The number of aliphatic hydroxyl groups excluding tert-OH is 1. The maximum absolute atomic E-state index is 9.30. The molecule has 0 spiro atoms. The number of benzene rings is 3. The zero-order chi connectivity index (χ0) is 17.9. The van der Waals surface area contributed by atoms with E-state index in [-0.39, 0.29) is 6.61 Å². The number of aromatic nitrogens is 2. The molecule has 132 valence electrons. The lowest BCUT2D eigenvalue weighted by molar-refractivity contribution is 0.272. The summed E-state index contributed by atoms with van der Waals surface area (Å²) in [5, 5.41) is 20.0. The molecule has 0 amide bonds. The highest BCUT2D eigenvalue weighted by Crippen LogP contribution is 2.25. The quantitative estimate of drug-likeness (QED) is 0.563. The van der Waals surface area contributed by atoms with Crippen molar-refractivity contribution in [2.45, 2.75) is 13.1 Å². The minimum Gasteiger partial charge on any atom is -0.491 e. The second kappa shape index (κ2) is 7.06. The lowest BCUT2D eigenvalue weighted by Gasteiger charge is -2.10. The molecule has 0 aliphatic rings. The van der Waals surface area contributed by atoms with Crippen LogP contribution in [0.2, 0.25) is 0 Å². The van der Waals surface area contributed by atoms with Crippen LogP contribution in [0.4, 0.5) is 0 Å². The Hall–Kier alpha value is -3.05. The van der Waals surface area contributed by atoms with E-state index in [2.05, 4.69) is 18.2 Å². The first-order valence-corrected chi connectivity index (χ1v) is 8.73. The molecule has 0 radical (unpaired) electrons. The van der Waals surface area contributed by atoms with Crippen molar-refractivity contribution in [2.75, 3.05) is 13.2 Å². The molecule has 0 fully saturated rings. The van der Waals surface area contributed by atoms with E-state index in [1.54, 1.807) is 0 Å². The Morgan fingerprint density at radius 1 is 0.808 bits per heavy atom. The summed E-state index contributed by atoms with van der Waals surface area (Å²) in [5.74, 6) is 0.856. The van der Waals surface area contributed by atoms with Crippen LogP contribution in [0, 0.1) is 5.41 Å². The predicted molar refractivity (Wildman–Crippen MR) is 102 cm³/mol. The topological polar surface area (TPSA) is 63.2 Å². The number of nitrogens with zero attached hydrogens (tertiary/aromatic N) is 2. The summed E-state index contributed by atoms with van der Waals surface area (Å²) in [6, 6.07) is 22.1. The molecule has 0 aliphatic heterocycles. The van der Waals surface area contributed by atoms with E-state index in [1.165, 1.54) is 0 Å². The Kier molecular flexibility index (Phi) is 4.46. The van der Waals surface area contributed by atoms with E-state index < -0.39 is 0 Å². The van der Waals surface area contributed by atoms with Crippen molar-refractivity contribution < 1.29 is 9.84 Å². The van der Waals surface area contributed by atoms with Crippen LogP contribution >= 0.6 is 0 Å². The molecule has 1 aromatic heterocycles. The summed E-state index contributed by atoms with van der Waals surface area (Å²) >= 11 is 0. The first-order valence-electron chi connectivity index (χ1n) is 8.73. The van der Waals surface area contributed by atoms with Gasteiger partial charge in [-0.15, -0.1) is 0 Å². The third-order valence-electron chi connectivity index (χ3n) is 4.62. The molecule has 2 N–H and O–H groups in total. The molecule has 1 heterocycles. The highest BCUT2D eigenvalue weighted by Gasteiger charge is 2.10. The van der Waals surface area contributed by atoms with Crippen molar-refractivity contribution in [3.63, 3.8) is 0 Å². The lowest BCUT2D eigenvalue weighted by atomic mass is 10.1. The summed E-state index contributed by atoms with van der Waals surface area (Å²) in [6.45, 7) is 1.46. The minimum absolute atomic E-state index is 0.0110. The van der Waals surface area contributed by atoms with Gasteiger partial charge in [0.15, 0.2) is 0 Å². The average molecular weight is 347 g/mol. The van der Waals surface area contributed by atoms with E-state index in [1.807, 2.05) is 57.7 Å².